The maximum absolute atomic E-state index is 12.7. The van der Waals surface area contributed by atoms with Gasteiger partial charge in [-0.05, 0) is 42.9 Å². The van der Waals surface area contributed by atoms with Crippen LogP contribution in [0.1, 0.15) is 28.8 Å². The zero-order valence-corrected chi connectivity index (χ0v) is 16.7. The van der Waals surface area contributed by atoms with Gasteiger partial charge in [0.1, 0.15) is 0 Å². The second-order valence-corrected chi connectivity index (χ2v) is 7.16. The molecule has 2 aromatic rings. The van der Waals surface area contributed by atoms with Crippen LogP contribution in [0.2, 0.25) is 0 Å². The number of rotatable bonds is 6. The normalized spacial score (nSPS) is 17.3. The highest BCUT2D eigenvalue weighted by molar-refractivity contribution is 5.94. The zero-order valence-electron chi connectivity index (χ0n) is 15.9. The molecule has 28 heavy (non-hydrogen) atoms. The Morgan fingerprint density at radius 2 is 1.71 bits per heavy atom. The Balaban J connectivity index is 0.00000280. The fraction of sp³-hybridized carbons (Fsp3) is 0.364. The minimum atomic E-state index is -0.523. The third kappa shape index (κ3) is 6.08. The first-order chi connectivity index (χ1) is 13.1. The molecule has 0 aliphatic carbocycles. The van der Waals surface area contributed by atoms with Gasteiger partial charge in [-0.2, -0.15) is 0 Å². The number of amides is 2. The van der Waals surface area contributed by atoms with Crippen LogP contribution in [0.5, 0.6) is 0 Å². The highest BCUT2D eigenvalue weighted by Gasteiger charge is 2.27. The summed E-state index contributed by atoms with van der Waals surface area (Å²) in [4.78, 5) is 26.8. The van der Waals surface area contributed by atoms with Crippen LogP contribution < -0.4 is 11.1 Å². The van der Waals surface area contributed by atoms with E-state index in [4.69, 9.17) is 5.73 Å². The molecule has 1 unspecified atom stereocenters. The first-order valence-corrected chi connectivity index (χ1v) is 9.55. The number of carbonyl (C=O) groups excluding carboxylic acids is 2. The Morgan fingerprint density at radius 3 is 2.39 bits per heavy atom. The van der Waals surface area contributed by atoms with Crippen LogP contribution in [0.25, 0.3) is 0 Å². The fourth-order valence-corrected chi connectivity index (χ4v) is 3.55. The summed E-state index contributed by atoms with van der Waals surface area (Å²) in [5, 5.41) is 2.99. The summed E-state index contributed by atoms with van der Waals surface area (Å²) in [6.45, 7) is 1.96. The lowest BCUT2D eigenvalue weighted by Crippen LogP contribution is -2.50. The van der Waals surface area contributed by atoms with E-state index >= 15 is 0 Å². The summed E-state index contributed by atoms with van der Waals surface area (Å²) >= 11 is 0. The average molecular weight is 402 g/mol. The van der Waals surface area contributed by atoms with E-state index in [-0.39, 0.29) is 30.1 Å². The van der Waals surface area contributed by atoms with Crippen molar-refractivity contribution < 1.29 is 9.59 Å². The number of piperidine rings is 1. The molecule has 0 saturated carbocycles. The number of hydrogen-bond acceptors (Lipinski definition) is 3. The lowest BCUT2D eigenvalue weighted by atomic mass is 9.96. The highest BCUT2D eigenvalue weighted by Crippen LogP contribution is 2.17. The molecule has 2 amide bonds. The molecule has 6 heteroatoms. The van der Waals surface area contributed by atoms with E-state index in [1.165, 1.54) is 0 Å². The molecule has 0 bridgehead atoms. The molecular weight excluding hydrogens is 374 g/mol. The number of nitrogens with zero attached hydrogens (tertiary/aromatic N) is 1. The van der Waals surface area contributed by atoms with E-state index in [1.807, 2.05) is 53.4 Å². The van der Waals surface area contributed by atoms with E-state index < -0.39 is 6.04 Å². The second-order valence-electron chi connectivity index (χ2n) is 7.16. The topological polar surface area (TPSA) is 75.4 Å². The maximum atomic E-state index is 12.7. The van der Waals surface area contributed by atoms with Crippen molar-refractivity contribution in [2.24, 2.45) is 11.7 Å². The van der Waals surface area contributed by atoms with Crippen molar-refractivity contribution >= 4 is 24.2 Å². The molecule has 150 valence electrons. The van der Waals surface area contributed by atoms with Gasteiger partial charge in [0.05, 0.1) is 6.04 Å². The van der Waals surface area contributed by atoms with Gasteiger partial charge in [-0.1, -0.05) is 48.5 Å². The molecule has 2 aromatic carbocycles. The Labute approximate surface area is 172 Å². The minimum Gasteiger partial charge on any atom is -0.352 e. The van der Waals surface area contributed by atoms with E-state index in [1.54, 1.807) is 12.1 Å². The van der Waals surface area contributed by atoms with Crippen LogP contribution in [0.3, 0.4) is 0 Å². The van der Waals surface area contributed by atoms with Gasteiger partial charge in [0, 0.05) is 25.2 Å². The summed E-state index contributed by atoms with van der Waals surface area (Å²) in [6.07, 6.45) is 2.49. The molecule has 1 aliphatic heterocycles. The molecule has 0 radical (unpaired) electrons. The number of hydrogen-bond donors (Lipinski definition) is 2. The van der Waals surface area contributed by atoms with Crippen LogP contribution >= 0.6 is 12.4 Å². The van der Waals surface area contributed by atoms with E-state index in [2.05, 4.69) is 5.32 Å². The monoisotopic (exact) mass is 401 g/mol. The van der Waals surface area contributed by atoms with Crippen LogP contribution in [0, 0.1) is 5.92 Å². The van der Waals surface area contributed by atoms with Crippen molar-refractivity contribution in [1.82, 2.24) is 10.2 Å². The van der Waals surface area contributed by atoms with Crippen molar-refractivity contribution in [3.63, 3.8) is 0 Å². The van der Waals surface area contributed by atoms with Gasteiger partial charge in [-0.3, -0.25) is 9.59 Å². The quantitative estimate of drug-likeness (QED) is 0.781. The number of carbonyl (C=O) groups is 2. The van der Waals surface area contributed by atoms with Crippen molar-refractivity contribution in [2.75, 3.05) is 19.6 Å². The van der Waals surface area contributed by atoms with Crippen molar-refractivity contribution in [3.8, 4) is 0 Å². The predicted molar refractivity (Wildman–Crippen MR) is 113 cm³/mol. The molecule has 3 N–H and O–H groups in total. The molecule has 1 aliphatic rings. The van der Waals surface area contributed by atoms with Crippen molar-refractivity contribution in [1.29, 1.82) is 0 Å². The Kier molecular flexibility index (Phi) is 8.48. The number of nitrogens with one attached hydrogen (secondary N) is 1. The number of likely N-dealkylation sites (tertiary alicyclic amines) is 1. The van der Waals surface area contributed by atoms with Gasteiger partial charge in [-0.15, -0.1) is 12.4 Å². The van der Waals surface area contributed by atoms with E-state index in [0.29, 0.717) is 25.1 Å². The van der Waals surface area contributed by atoms with Gasteiger partial charge in [0.15, 0.2) is 0 Å². The lowest BCUT2D eigenvalue weighted by molar-refractivity contribution is -0.134. The standard InChI is InChI=1S/C22H27N3O2.ClH/c23-20(14-17-8-3-1-4-9-17)22(27)25-13-7-10-18(16-25)15-24-21(26)19-11-5-2-6-12-19;/h1-6,8-9,11-12,18,20H,7,10,13-16,23H2,(H,24,26);1H/t18?,20-;/m0./s1. The Morgan fingerprint density at radius 1 is 1.07 bits per heavy atom. The van der Waals surface area contributed by atoms with Crippen LogP contribution in [0.15, 0.2) is 60.7 Å². The number of halogens is 1. The van der Waals surface area contributed by atoms with E-state index in [9.17, 15) is 9.59 Å². The summed E-state index contributed by atoms with van der Waals surface area (Å²) < 4.78 is 0. The molecule has 1 saturated heterocycles. The summed E-state index contributed by atoms with van der Waals surface area (Å²) in [6, 6.07) is 18.5. The van der Waals surface area contributed by atoms with Gasteiger partial charge < -0.3 is 16.0 Å². The van der Waals surface area contributed by atoms with Crippen LogP contribution in [-0.4, -0.2) is 42.4 Å². The van der Waals surface area contributed by atoms with Crippen molar-refractivity contribution in [3.05, 3.63) is 71.8 Å². The van der Waals surface area contributed by atoms with Gasteiger partial charge in [0.25, 0.3) is 5.91 Å². The first kappa shape index (κ1) is 21.9. The Hall–Kier alpha value is -2.37. The smallest absolute Gasteiger partial charge is 0.251 e. The minimum absolute atomic E-state index is 0. The highest BCUT2D eigenvalue weighted by atomic mass is 35.5. The van der Waals surface area contributed by atoms with Crippen LogP contribution in [-0.2, 0) is 11.2 Å². The summed E-state index contributed by atoms with van der Waals surface area (Å²) in [5.74, 6) is 0.192. The zero-order chi connectivity index (χ0) is 19.1. The SMILES string of the molecule is Cl.N[C@@H](Cc1ccccc1)C(=O)N1CCCC(CNC(=O)c2ccccc2)C1. The maximum Gasteiger partial charge on any atom is 0.251 e. The molecule has 0 spiro atoms. The third-order valence-electron chi connectivity index (χ3n) is 5.03. The molecular formula is C22H28ClN3O2. The molecule has 0 aromatic heterocycles. The second kappa shape index (κ2) is 10.8. The largest absolute Gasteiger partial charge is 0.352 e. The molecule has 1 heterocycles. The molecule has 2 atom stereocenters. The molecule has 1 fully saturated rings. The predicted octanol–water partition coefficient (Wildman–Crippen LogP) is 2.65. The summed E-state index contributed by atoms with van der Waals surface area (Å²) in [7, 11) is 0. The lowest BCUT2D eigenvalue weighted by Gasteiger charge is -2.34. The van der Waals surface area contributed by atoms with Gasteiger partial charge >= 0.3 is 0 Å². The Bertz CT molecular complexity index is 755. The summed E-state index contributed by atoms with van der Waals surface area (Å²) in [5.41, 5.74) is 7.89. The van der Waals surface area contributed by atoms with Crippen molar-refractivity contribution in [2.45, 2.75) is 25.3 Å². The molecule has 3 rings (SSSR count). The number of benzene rings is 2. The first-order valence-electron chi connectivity index (χ1n) is 9.55. The number of nitrogens with two attached hydrogens (primary N) is 1. The van der Waals surface area contributed by atoms with Gasteiger partial charge in [0.2, 0.25) is 5.91 Å². The van der Waals surface area contributed by atoms with Crippen LogP contribution in [0.4, 0.5) is 0 Å². The fourth-order valence-electron chi connectivity index (χ4n) is 3.55. The van der Waals surface area contributed by atoms with E-state index in [0.717, 1.165) is 24.9 Å². The third-order valence-corrected chi connectivity index (χ3v) is 5.03. The van der Waals surface area contributed by atoms with Gasteiger partial charge in [-0.25, -0.2) is 0 Å². The average Bonchev–Trinajstić information content (AvgIpc) is 2.73. The molecule has 5 nitrogen and oxygen atoms in total.